The quantitative estimate of drug-likeness (QED) is 0.629. The predicted molar refractivity (Wildman–Crippen MR) is 94.4 cm³/mol. The van der Waals surface area contributed by atoms with Crippen molar-refractivity contribution >= 4 is 11.9 Å². The van der Waals surface area contributed by atoms with Gasteiger partial charge in [0.25, 0.3) is 0 Å². The molecule has 1 fully saturated rings. The van der Waals surface area contributed by atoms with Crippen LogP contribution in [0.15, 0.2) is 23.2 Å². The molecule has 1 aromatic carbocycles. The topological polar surface area (TPSA) is 56.7 Å². The molecular weight excluding hydrogens is 326 g/mol. The number of halogens is 2. The Morgan fingerprint density at radius 3 is 2.48 bits per heavy atom. The zero-order valence-corrected chi connectivity index (χ0v) is 14.8. The zero-order valence-electron chi connectivity index (χ0n) is 14.8. The molecule has 1 aromatic rings. The fraction of sp³-hybridized carbons (Fsp3) is 0.556. The van der Waals surface area contributed by atoms with E-state index in [1.807, 2.05) is 0 Å². The Hall–Kier alpha value is -2.18. The second kappa shape index (κ2) is 9.34. The second-order valence-corrected chi connectivity index (χ2v) is 6.23. The number of hydrogen-bond donors (Lipinski definition) is 2. The molecule has 2 N–H and O–H groups in total. The number of likely N-dealkylation sites (tertiary alicyclic amines) is 1. The van der Waals surface area contributed by atoms with E-state index < -0.39 is 11.6 Å². The smallest absolute Gasteiger partial charge is 0.220 e. The molecule has 5 nitrogen and oxygen atoms in total. The molecule has 0 aliphatic carbocycles. The zero-order chi connectivity index (χ0) is 18.2. The van der Waals surface area contributed by atoms with Crippen molar-refractivity contribution in [2.75, 3.05) is 33.7 Å². The maximum Gasteiger partial charge on any atom is 0.220 e. The van der Waals surface area contributed by atoms with Gasteiger partial charge in [-0.2, -0.15) is 0 Å². The van der Waals surface area contributed by atoms with Crippen LogP contribution >= 0.6 is 0 Å². The third-order valence-corrected chi connectivity index (χ3v) is 4.60. The van der Waals surface area contributed by atoms with Crippen molar-refractivity contribution in [3.8, 4) is 0 Å². The molecule has 25 heavy (non-hydrogen) atoms. The number of rotatable bonds is 5. The third-order valence-electron chi connectivity index (χ3n) is 4.60. The van der Waals surface area contributed by atoms with Crippen molar-refractivity contribution in [2.24, 2.45) is 10.9 Å². The van der Waals surface area contributed by atoms with Gasteiger partial charge in [0.05, 0.1) is 0 Å². The maximum atomic E-state index is 13.6. The van der Waals surface area contributed by atoms with Crippen molar-refractivity contribution in [3.05, 3.63) is 35.4 Å². The molecule has 0 unspecified atom stereocenters. The first kappa shape index (κ1) is 19.1. The largest absolute Gasteiger partial charge is 0.359 e. The van der Waals surface area contributed by atoms with Gasteiger partial charge in [0.15, 0.2) is 5.96 Å². The predicted octanol–water partition coefficient (Wildman–Crippen LogP) is 1.93. The highest BCUT2D eigenvalue weighted by molar-refractivity contribution is 5.80. The van der Waals surface area contributed by atoms with Crippen molar-refractivity contribution in [1.29, 1.82) is 0 Å². The van der Waals surface area contributed by atoms with Gasteiger partial charge in [0.2, 0.25) is 5.91 Å². The summed E-state index contributed by atoms with van der Waals surface area (Å²) in [6.45, 7) is 2.04. The molecule has 0 saturated carbocycles. The third kappa shape index (κ3) is 5.41. The van der Waals surface area contributed by atoms with E-state index in [0.29, 0.717) is 18.9 Å². The number of amides is 1. The molecule has 1 saturated heterocycles. The van der Waals surface area contributed by atoms with Crippen LogP contribution in [0, 0.1) is 17.6 Å². The Balaban J connectivity index is 1.81. The average molecular weight is 352 g/mol. The average Bonchev–Trinajstić information content (AvgIpc) is 2.61. The van der Waals surface area contributed by atoms with Crippen molar-refractivity contribution in [1.82, 2.24) is 15.5 Å². The first-order valence-electron chi connectivity index (χ1n) is 8.64. The minimum Gasteiger partial charge on any atom is -0.359 e. The highest BCUT2D eigenvalue weighted by Crippen LogP contribution is 2.20. The van der Waals surface area contributed by atoms with Gasteiger partial charge in [-0.05, 0) is 37.3 Å². The Morgan fingerprint density at radius 2 is 1.92 bits per heavy atom. The number of carbonyl (C=O) groups is 1. The summed E-state index contributed by atoms with van der Waals surface area (Å²) in [5.74, 6) is 0.156. The van der Waals surface area contributed by atoms with Crippen LogP contribution in [0.3, 0.4) is 0 Å². The number of piperidine rings is 1. The molecule has 7 heteroatoms. The SMILES string of the molecule is CN=C(NCCc1c(F)cccc1F)N1CCC(CC(=O)NC)CC1. The summed E-state index contributed by atoms with van der Waals surface area (Å²) in [5, 5.41) is 5.83. The molecule has 0 aromatic heterocycles. The summed E-state index contributed by atoms with van der Waals surface area (Å²) in [5.41, 5.74) is 0.0924. The molecule has 0 bridgehead atoms. The van der Waals surface area contributed by atoms with Gasteiger partial charge < -0.3 is 15.5 Å². The maximum absolute atomic E-state index is 13.6. The highest BCUT2D eigenvalue weighted by Gasteiger charge is 2.23. The number of hydrogen-bond acceptors (Lipinski definition) is 2. The summed E-state index contributed by atoms with van der Waals surface area (Å²) in [4.78, 5) is 17.8. The molecule has 138 valence electrons. The van der Waals surface area contributed by atoms with Gasteiger partial charge in [-0.25, -0.2) is 8.78 Å². The molecule has 0 spiro atoms. The number of benzene rings is 1. The molecular formula is C18H26F2N4O. The number of guanidine groups is 1. The standard InChI is InChI=1S/C18H26F2N4O/c1-21-17(25)12-13-7-10-24(11-8-13)18(22-2)23-9-6-14-15(19)4-3-5-16(14)20/h3-5,13H,6-12H2,1-2H3,(H,21,25)(H,22,23). The molecule has 0 atom stereocenters. The van der Waals surface area contributed by atoms with E-state index in [-0.39, 0.29) is 17.9 Å². The van der Waals surface area contributed by atoms with Crippen molar-refractivity contribution in [3.63, 3.8) is 0 Å². The monoisotopic (exact) mass is 352 g/mol. The van der Waals surface area contributed by atoms with Gasteiger partial charge >= 0.3 is 0 Å². The highest BCUT2D eigenvalue weighted by atomic mass is 19.1. The summed E-state index contributed by atoms with van der Waals surface area (Å²) in [6, 6.07) is 3.90. The van der Waals surface area contributed by atoms with Crippen LogP contribution in [0.25, 0.3) is 0 Å². The summed E-state index contributed by atoms with van der Waals surface area (Å²) < 4.78 is 27.3. The van der Waals surface area contributed by atoms with Crippen LogP contribution in [-0.4, -0.2) is 50.5 Å². The first-order valence-corrected chi connectivity index (χ1v) is 8.64. The van der Waals surface area contributed by atoms with Gasteiger partial charge in [0.1, 0.15) is 11.6 Å². The van der Waals surface area contributed by atoms with E-state index in [9.17, 15) is 13.6 Å². The Morgan fingerprint density at radius 1 is 1.28 bits per heavy atom. The Bertz CT molecular complexity index is 593. The molecule has 1 amide bonds. The number of nitrogens with one attached hydrogen (secondary N) is 2. The molecule has 1 aliphatic rings. The van der Waals surface area contributed by atoms with Gasteiger partial charge in [-0.1, -0.05) is 6.07 Å². The first-order chi connectivity index (χ1) is 12.0. The minimum atomic E-state index is -0.521. The fourth-order valence-electron chi connectivity index (χ4n) is 3.12. The van der Waals surface area contributed by atoms with Crippen LogP contribution in [0.5, 0.6) is 0 Å². The summed E-state index contributed by atoms with van der Waals surface area (Å²) >= 11 is 0. The number of nitrogens with zero attached hydrogens (tertiary/aromatic N) is 2. The van der Waals surface area contributed by atoms with E-state index in [1.165, 1.54) is 18.2 Å². The van der Waals surface area contributed by atoms with E-state index in [1.54, 1.807) is 14.1 Å². The van der Waals surface area contributed by atoms with Crippen LogP contribution in [0.1, 0.15) is 24.8 Å². The lowest BCUT2D eigenvalue weighted by Crippen LogP contribution is -2.46. The lowest BCUT2D eigenvalue weighted by Gasteiger charge is -2.34. The van der Waals surface area contributed by atoms with Crippen molar-refractivity contribution < 1.29 is 13.6 Å². The summed E-state index contributed by atoms with van der Waals surface area (Å²) in [7, 11) is 3.35. The van der Waals surface area contributed by atoms with Crippen LogP contribution in [-0.2, 0) is 11.2 Å². The number of aliphatic imine (C=N–C) groups is 1. The Labute approximate surface area is 147 Å². The minimum absolute atomic E-state index is 0.0767. The van der Waals surface area contributed by atoms with Crippen LogP contribution in [0.2, 0.25) is 0 Å². The van der Waals surface area contributed by atoms with Gasteiger partial charge in [0, 0.05) is 45.7 Å². The molecule has 2 rings (SSSR count). The van der Waals surface area contributed by atoms with Crippen LogP contribution in [0.4, 0.5) is 8.78 Å². The number of carbonyl (C=O) groups excluding carboxylic acids is 1. The van der Waals surface area contributed by atoms with Gasteiger partial charge in [-0.15, -0.1) is 0 Å². The van der Waals surface area contributed by atoms with Gasteiger partial charge in [-0.3, -0.25) is 9.79 Å². The lowest BCUT2D eigenvalue weighted by atomic mass is 9.93. The summed E-state index contributed by atoms with van der Waals surface area (Å²) in [6.07, 6.45) is 2.67. The Kier molecular flexibility index (Phi) is 7.16. The fourth-order valence-corrected chi connectivity index (χ4v) is 3.12. The normalized spacial score (nSPS) is 16.0. The molecule has 1 heterocycles. The van der Waals surface area contributed by atoms with E-state index in [2.05, 4.69) is 20.5 Å². The van der Waals surface area contributed by atoms with E-state index in [0.717, 1.165) is 31.9 Å². The second-order valence-electron chi connectivity index (χ2n) is 6.23. The van der Waals surface area contributed by atoms with E-state index >= 15 is 0 Å². The van der Waals surface area contributed by atoms with Crippen molar-refractivity contribution in [2.45, 2.75) is 25.7 Å². The molecule has 0 radical (unpaired) electrons. The van der Waals surface area contributed by atoms with Crippen LogP contribution < -0.4 is 10.6 Å². The molecule has 1 aliphatic heterocycles. The van der Waals surface area contributed by atoms with E-state index in [4.69, 9.17) is 0 Å². The lowest BCUT2D eigenvalue weighted by molar-refractivity contribution is -0.121.